The maximum Gasteiger partial charge on any atom is 0.315 e. The fraction of sp³-hybridized carbons (Fsp3) is 0.533. The van der Waals surface area contributed by atoms with E-state index < -0.39 is 0 Å². The van der Waals surface area contributed by atoms with Crippen LogP contribution in [0.2, 0.25) is 0 Å². The smallest absolute Gasteiger partial charge is 0.315 e. The molecule has 2 amide bonds. The molecule has 2 atom stereocenters. The molecule has 0 spiro atoms. The summed E-state index contributed by atoms with van der Waals surface area (Å²) in [5, 5.41) is 14.9. The molecule has 0 aliphatic heterocycles. The number of carbonyl (C=O) groups is 1. The van der Waals surface area contributed by atoms with Gasteiger partial charge in [0.2, 0.25) is 0 Å². The zero-order valence-electron chi connectivity index (χ0n) is 11.4. The lowest BCUT2D eigenvalue weighted by atomic mass is 10.0. The third-order valence-electron chi connectivity index (χ3n) is 3.84. The topological polar surface area (TPSA) is 61.4 Å². The molecular formula is C15H21BrN2O2. The number of aliphatic hydroxyl groups is 1. The number of nitrogens with one attached hydrogen (secondary N) is 2. The maximum atomic E-state index is 11.9. The van der Waals surface area contributed by atoms with Crippen molar-refractivity contribution in [2.24, 2.45) is 5.92 Å². The summed E-state index contributed by atoms with van der Waals surface area (Å²) in [6.45, 7) is 0.722. The summed E-state index contributed by atoms with van der Waals surface area (Å²) >= 11 is 3.39. The van der Waals surface area contributed by atoms with E-state index >= 15 is 0 Å². The number of halogens is 1. The Morgan fingerprint density at radius 3 is 2.75 bits per heavy atom. The molecule has 0 bridgehead atoms. The zero-order chi connectivity index (χ0) is 14.4. The van der Waals surface area contributed by atoms with Crippen molar-refractivity contribution in [2.75, 3.05) is 6.61 Å². The molecule has 1 saturated carbocycles. The summed E-state index contributed by atoms with van der Waals surface area (Å²) < 4.78 is 1.03. The number of rotatable bonds is 5. The Balaban J connectivity index is 1.76. The van der Waals surface area contributed by atoms with E-state index in [9.17, 15) is 4.79 Å². The Hall–Kier alpha value is -1.07. The van der Waals surface area contributed by atoms with E-state index in [2.05, 4.69) is 26.6 Å². The lowest BCUT2D eigenvalue weighted by Crippen LogP contribution is -2.43. The van der Waals surface area contributed by atoms with Crippen LogP contribution in [0.1, 0.15) is 31.2 Å². The van der Waals surface area contributed by atoms with Crippen LogP contribution < -0.4 is 10.6 Å². The standard InChI is InChI=1S/C15H21BrN2O2/c16-13-6-4-11(5-7-13)10-17-15(20)18-14-3-1-2-12(14)8-9-19/h4-7,12,14,19H,1-3,8-10H2,(H2,17,18,20). The Kier molecular flexibility index (Phi) is 5.86. The summed E-state index contributed by atoms with van der Waals surface area (Å²) in [6, 6.07) is 7.96. The second kappa shape index (κ2) is 7.64. The molecule has 0 aromatic heterocycles. The average molecular weight is 341 g/mol. The van der Waals surface area contributed by atoms with Crippen LogP contribution in [0.4, 0.5) is 4.79 Å². The highest BCUT2D eigenvalue weighted by molar-refractivity contribution is 9.10. The van der Waals surface area contributed by atoms with Gasteiger partial charge in [0.15, 0.2) is 0 Å². The predicted octanol–water partition coefficient (Wildman–Crippen LogP) is 2.80. The van der Waals surface area contributed by atoms with E-state index in [0.29, 0.717) is 12.5 Å². The highest BCUT2D eigenvalue weighted by Gasteiger charge is 2.27. The van der Waals surface area contributed by atoms with Crippen molar-refractivity contribution in [3.63, 3.8) is 0 Å². The first kappa shape index (κ1) is 15.3. The zero-order valence-corrected chi connectivity index (χ0v) is 13.0. The fourth-order valence-corrected chi connectivity index (χ4v) is 3.01. The molecule has 110 valence electrons. The number of amides is 2. The SMILES string of the molecule is O=C(NCc1ccc(Br)cc1)NC1CCCC1CCO. The molecule has 1 aromatic rings. The molecule has 0 heterocycles. The van der Waals surface area contributed by atoms with E-state index in [0.717, 1.165) is 35.7 Å². The van der Waals surface area contributed by atoms with Crippen LogP contribution in [0, 0.1) is 5.92 Å². The van der Waals surface area contributed by atoms with Crippen molar-refractivity contribution < 1.29 is 9.90 Å². The van der Waals surface area contributed by atoms with E-state index in [-0.39, 0.29) is 18.7 Å². The highest BCUT2D eigenvalue weighted by atomic mass is 79.9. The summed E-state index contributed by atoms with van der Waals surface area (Å²) in [7, 11) is 0. The van der Waals surface area contributed by atoms with Gasteiger partial charge in [0.05, 0.1) is 0 Å². The number of hydrogen-bond donors (Lipinski definition) is 3. The van der Waals surface area contributed by atoms with Crippen LogP contribution >= 0.6 is 15.9 Å². The van der Waals surface area contributed by atoms with Crippen molar-refractivity contribution in [1.82, 2.24) is 10.6 Å². The van der Waals surface area contributed by atoms with Gasteiger partial charge in [-0.2, -0.15) is 0 Å². The van der Waals surface area contributed by atoms with Gasteiger partial charge < -0.3 is 15.7 Å². The quantitative estimate of drug-likeness (QED) is 0.771. The summed E-state index contributed by atoms with van der Waals surface area (Å²) in [5.41, 5.74) is 1.07. The first-order chi connectivity index (χ1) is 9.69. The predicted molar refractivity (Wildman–Crippen MR) is 82.3 cm³/mol. The normalized spacial score (nSPS) is 21.7. The van der Waals surface area contributed by atoms with Crippen LogP contribution in [0.3, 0.4) is 0 Å². The van der Waals surface area contributed by atoms with Gasteiger partial charge in [-0.25, -0.2) is 4.79 Å². The molecule has 3 N–H and O–H groups in total. The molecule has 1 aliphatic rings. The molecule has 20 heavy (non-hydrogen) atoms. The lowest BCUT2D eigenvalue weighted by molar-refractivity contribution is 0.221. The Labute approximate surface area is 128 Å². The van der Waals surface area contributed by atoms with Crippen molar-refractivity contribution in [1.29, 1.82) is 0 Å². The molecule has 2 rings (SSSR count). The number of urea groups is 1. The molecule has 1 aromatic carbocycles. The van der Waals surface area contributed by atoms with Crippen LogP contribution in [0.15, 0.2) is 28.7 Å². The largest absolute Gasteiger partial charge is 0.396 e. The van der Waals surface area contributed by atoms with E-state index in [1.807, 2.05) is 24.3 Å². The third kappa shape index (κ3) is 4.49. The number of carbonyl (C=O) groups excluding carboxylic acids is 1. The molecule has 5 heteroatoms. The number of aliphatic hydroxyl groups excluding tert-OH is 1. The van der Waals surface area contributed by atoms with Crippen molar-refractivity contribution in [3.05, 3.63) is 34.3 Å². The molecule has 0 saturated heterocycles. The van der Waals surface area contributed by atoms with Gasteiger partial charge in [-0.05, 0) is 42.9 Å². The van der Waals surface area contributed by atoms with Crippen molar-refractivity contribution in [2.45, 2.75) is 38.3 Å². The Morgan fingerprint density at radius 1 is 1.30 bits per heavy atom. The summed E-state index contributed by atoms with van der Waals surface area (Å²) in [6.07, 6.45) is 4.01. The van der Waals surface area contributed by atoms with Gasteiger partial charge in [-0.3, -0.25) is 0 Å². The summed E-state index contributed by atoms with van der Waals surface area (Å²) in [4.78, 5) is 11.9. The monoisotopic (exact) mass is 340 g/mol. The van der Waals surface area contributed by atoms with Crippen LogP contribution in [-0.2, 0) is 6.54 Å². The van der Waals surface area contributed by atoms with Gasteiger partial charge in [-0.1, -0.05) is 34.5 Å². The van der Waals surface area contributed by atoms with Gasteiger partial charge in [0.1, 0.15) is 0 Å². The van der Waals surface area contributed by atoms with Crippen molar-refractivity contribution >= 4 is 22.0 Å². The van der Waals surface area contributed by atoms with Gasteiger partial charge >= 0.3 is 6.03 Å². The molecule has 4 nitrogen and oxygen atoms in total. The first-order valence-electron chi connectivity index (χ1n) is 7.08. The molecule has 1 fully saturated rings. The number of hydrogen-bond acceptors (Lipinski definition) is 2. The fourth-order valence-electron chi connectivity index (χ4n) is 2.74. The second-order valence-corrected chi connectivity index (χ2v) is 6.18. The molecule has 2 unspecified atom stereocenters. The second-order valence-electron chi connectivity index (χ2n) is 5.26. The Bertz CT molecular complexity index is 436. The average Bonchev–Trinajstić information content (AvgIpc) is 2.86. The first-order valence-corrected chi connectivity index (χ1v) is 7.88. The van der Waals surface area contributed by atoms with Gasteiger partial charge in [0, 0.05) is 23.7 Å². The molecule has 1 aliphatic carbocycles. The minimum atomic E-state index is -0.122. The maximum absolute atomic E-state index is 11.9. The summed E-state index contributed by atoms with van der Waals surface area (Å²) in [5.74, 6) is 0.415. The van der Waals surface area contributed by atoms with Crippen LogP contribution in [0.5, 0.6) is 0 Å². The third-order valence-corrected chi connectivity index (χ3v) is 4.37. The van der Waals surface area contributed by atoms with E-state index in [1.165, 1.54) is 0 Å². The van der Waals surface area contributed by atoms with Gasteiger partial charge in [0.25, 0.3) is 0 Å². The molecule has 0 radical (unpaired) electrons. The van der Waals surface area contributed by atoms with Crippen LogP contribution in [-0.4, -0.2) is 23.8 Å². The lowest BCUT2D eigenvalue weighted by Gasteiger charge is -2.20. The molecular weight excluding hydrogens is 320 g/mol. The van der Waals surface area contributed by atoms with E-state index in [4.69, 9.17) is 5.11 Å². The highest BCUT2D eigenvalue weighted by Crippen LogP contribution is 2.27. The van der Waals surface area contributed by atoms with E-state index in [1.54, 1.807) is 0 Å². The number of benzene rings is 1. The van der Waals surface area contributed by atoms with Crippen LogP contribution in [0.25, 0.3) is 0 Å². The minimum Gasteiger partial charge on any atom is -0.396 e. The van der Waals surface area contributed by atoms with Gasteiger partial charge in [-0.15, -0.1) is 0 Å². The van der Waals surface area contributed by atoms with Crippen molar-refractivity contribution in [3.8, 4) is 0 Å². The minimum absolute atomic E-state index is 0.122. The Morgan fingerprint density at radius 2 is 2.05 bits per heavy atom.